The lowest BCUT2D eigenvalue weighted by atomic mass is 9.79. The Kier molecular flexibility index (Phi) is 5.12. The second-order valence-corrected chi connectivity index (χ2v) is 8.58. The number of benzene rings is 2. The number of aryl methyl sites for hydroxylation is 4. The van der Waals surface area contributed by atoms with Crippen molar-refractivity contribution in [1.29, 1.82) is 0 Å². The molecule has 3 heteroatoms. The van der Waals surface area contributed by atoms with E-state index in [1.807, 2.05) is 0 Å². The fourth-order valence-corrected chi connectivity index (χ4v) is 5.36. The minimum atomic E-state index is -0.228. The van der Waals surface area contributed by atoms with E-state index < -0.39 is 0 Å². The van der Waals surface area contributed by atoms with Crippen LogP contribution in [0.5, 0.6) is 0 Å². The van der Waals surface area contributed by atoms with Gasteiger partial charge in [-0.3, -0.25) is 4.68 Å². The van der Waals surface area contributed by atoms with Crippen molar-refractivity contribution in [2.75, 3.05) is 6.54 Å². The van der Waals surface area contributed by atoms with Crippen LogP contribution < -0.4 is 5.32 Å². The quantitative estimate of drug-likeness (QED) is 0.643. The number of hydrogen-bond acceptors (Lipinski definition) is 2. The lowest BCUT2D eigenvalue weighted by Crippen LogP contribution is -2.47. The highest BCUT2D eigenvalue weighted by molar-refractivity contribution is 5.72. The molecular formula is C26H33N3. The van der Waals surface area contributed by atoms with Gasteiger partial charge in [0.2, 0.25) is 0 Å². The average molecular weight is 388 g/mol. The number of hydrogen-bond donors (Lipinski definition) is 1. The summed E-state index contributed by atoms with van der Waals surface area (Å²) in [5, 5.41) is 9.05. The number of nitrogens with zero attached hydrogens (tertiary/aromatic N) is 2. The van der Waals surface area contributed by atoms with Crippen molar-refractivity contribution in [1.82, 2.24) is 15.1 Å². The molecule has 1 aliphatic heterocycles. The summed E-state index contributed by atoms with van der Waals surface area (Å²) in [6.45, 7) is 15.3. The molecule has 2 aromatic carbocycles. The van der Waals surface area contributed by atoms with Gasteiger partial charge in [0.15, 0.2) is 0 Å². The molecule has 4 rings (SSSR count). The van der Waals surface area contributed by atoms with Crippen molar-refractivity contribution < 1.29 is 0 Å². The zero-order chi connectivity index (χ0) is 20.8. The summed E-state index contributed by atoms with van der Waals surface area (Å²) in [7, 11) is 0. The molecule has 0 amide bonds. The third-order valence-corrected chi connectivity index (χ3v) is 6.52. The van der Waals surface area contributed by atoms with Crippen LogP contribution in [-0.4, -0.2) is 16.3 Å². The van der Waals surface area contributed by atoms with Crippen LogP contribution in [0.2, 0.25) is 0 Å². The minimum absolute atomic E-state index is 0.228. The predicted molar refractivity (Wildman–Crippen MR) is 122 cm³/mol. The van der Waals surface area contributed by atoms with E-state index in [-0.39, 0.29) is 5.54 Å². The predicted octanol–water partition coefficient (Wildman–Crippen LogP) is 5.47. The molecule has 0 radical (unpaired) electrons. The Morgan fingerprint density at radius 1 is 1.07 bits per heavy atom. The van der Waals surface area contributed by atoms with Crippen LogP contribution in [0.25, 0.3) is 11.3 Å². The lowest BCUT2D eigenvalue weighted by molar-refractivity contribution is 0.378. The minimum Gasteiger partial charge on any atom is -0.302 e. The van der Waals surface area contributed by atoms with Crippen LogP contribution in [0, 0.1) is 20.8 Å². The van der Waals surface area contributed by atoms with Gasteiger partial charge < -0.3 is 5.32 Å². The van der Waals surface area contributed by atoms with Crippen molar-refractivity contribution in [3.8, 4) is 11.3 Å². The summed E-state index contributed by atoms with van der Waals surface area (Å²) in [6.07, 6.45) is 2.05. The van der Waals surface area contributed by atoms with Crippen LogP contribution in [0.15, 0.2) is 36.4 Å². The van der Waals surface area contributed by atoms with Gasteiger partial charge in [-0.2, -0.15) is 5.10 Å². The molecule has 2 heterocycles. The van der Waals surface area contributed by atoms with E-state index >= 15 is 0 Å². The maximum absolute atomic E-state index is 5.19. The Balaban J connectivity index is 2.00. The smallest absolute Gasteiger partial charge is 0.0964 e. The summed E-state index contributed by atoms with van der Waals surface area (Å²) < 4.78 is 2.24. The van der Waals surface area contributed by atoms with E-state index in [1.165, 1.54) is 44.6 Å². The summed E-state index contributed by atoms with van der Waals surface area (Å²) in [5.41, 5.74) is 11.7. The molecule has 1 atom stereocenters. The first-order chi connectivity index (χ1) is 13.9. The second-order valence-electron chi connectivity index (χ2n) is 8.58. The Labute approximate surface area is 175 Å². The average Bonchev–Trinajstić information content (AvgIpc) is 3.06. The Morgan fingerprint density at radius 2 is 1.76 bits per heavy atom. The molecule has 1 N–H and O–H groups in total. The van der Waals surface area contributed by atoms with Crippen molar-refractivity contribution in [2.24, 2.45) is 0 Å². The molecule has 0 fully saturated rings. The van der Waals surface area contributed by atoms with Gasteiger partial charge in [-0.1, -0.05) is 48.9 Å². The molecule has 29 heavy (non-hydrogen) atoms. The molecule has 0 bridgehead atoms. The van der Waals surface area contributed by atoms with Crippen molar-refractivity contribution in [3.63, 3.8) is 0 Å². The van der Waals surface area contributed by atoms with Crippen LogP contribution in [0.4, 0.5) is 0 Å². The van der Waals surface area contributed by atoms with Gasteiger partial charge in [-0.15, -0.1) is 0 Å². The summed E-state index contributed by atoms with van der Waals surface area (Å²) in [6, 6.07) is 13.5. The van der Waals surface area contributed by atoms with Crippen molar-refractivity contribution >= 4 is 0 Å². The summed E-state index contributed by atoms with van der Waals surface area (Å²) >= 11 is 0. The highest BCUT2D eigenvalue weighted by Crippen LogP contribution is 2.41. The van der Waals surface area contributed by atoms with Gasteiger partial charge in [-0.05, 0) is 69.7 Å². The van der Waals surface area contributed by atoms with Crippen molar-refractivity contribution in [2.45, 2.75) is 66.5 Å². The van der Waals surface area contributed by atoms with Crippen LogP contribution in [0.3, 0.4) is 0 Å². The molecule has 0 saturated carbocycles. The Hall–Kier alpha value is -2.39. The topological polar surface area (TPSA) is 29.9 Å². The fraction of sp³-hybridized carbons (Fsp3) is 0.423. The maximum atomic E-state index is 5.19. The monoisotopic (exact) mass is 387 g/mol. The van der Waals surface area contributed by atoms with E-state index in [4.69, 9.17) is 5.10 Å². The van der Waals surface area contributed by atoms with Gasteiger partial charge in [0, 0.05) is 24.2 Å². The molecule has 152 valence electrons. The summed E-state index contributed by atoms with van der Waals surface area (Å²) in [5.74, 6) is 0. The third-order valence-electron chi connectivity index (χ3n) is 6.52. The van der Waals surface area contributed by atoms with Crippen LogP contribution >= 0.6 is 0 Å². The lowest BCUT2D eigenvalue weighted by Gasteiger charge is -2.38. The first kappa shape index (κ1) is 19.9. The van der Waals surface area contributed by atoms with Gasteiger partial charge >= 0.3 is 0 Å². The molecule has 3 nitrogen and oxygen atoms in total. The Morgan fingerprint density at radius 3 is 2.41 bits per heavy atom. The third kappa shape index (κ3) is 3.12. The standard InChI is InChI=1S/C26H33N3/c1-7-21-24(23-18(4)15-17(3)16-19(23)5)28-29(8-2)25(21)26(6)22-12-10-9-11-20(22)13-14-27-26/h9-12,15-16,27H,7-8,13-14H2,1-6H3. The Bertz CT molecular complexity index is 1040. The van der Waals surface area contributed by atoms with Crippen LogP contribution in [0.1, 0.15) is 59.8 Å². The number of nitrogens with one attached hydrogen (secondary N) is 1. The van der Waals surface area contributed by atoms with Gasteiger partial charge in [0.05, 0.1) is 16.9 Å². The number of aromatic nitrogens is 2. The number of fused-ring (bicyclic) bond motifs is 1. The highest BCUT2D eigenvalue weighted by atomic mass is 15.3. The van der Waals surface area contributed by atoms with Gasteiger partial charge in [0.1, 0.15) is 0 Å². The molecule has 0 spiro atoms. The molecule has 0 saturated heterocycles. The molecule has 3 aromatic rings. The fourth-order valence-electron chi connectivity index (χ4n) is 5.36. The molecular weight excluding hydrogens is 354 g/mol. The van der Waals surface area contributed by atoms with Crippen LogP contribution in [-0.2, 0) is 24.9 Å². The SMILES string of the molecule is CCc1c(-c2c(C)cc(C)cc2C)nn(CC)c1C1(C)NCCc2ccccc21. The zero-order valence-electron chi connectivity index (χ0n) is 18.7. The zero-order valence-corrected chi connectivity index (χ0v) is 18.7. The first-order valence-electron chi connectivity index (χ1n) is 10.9. The van der Waals surface area contributed by atoms with E-state index in [1.54, 1.807) is 0 Å². The normalized spacial score (nSPS) is 18.7. The van der Waals surface area contributed by atoms with Gasteiger partial charge in [-0.25, -0.2) is 0 Å². The van der Waals surface area contributed by atoms with E-state index in [0.29, 0.717) is 0 Å². The maximum Gasteiger partial charge on any atom is 0.0964 e. The second kappa shape index (κ2) is 7.46. The van der Waals surface area contributed by atoms with Crippen molar-refractivity contribution in [3.05, 3.63) is 75.5 Å². The molecule has 1 unspecified atom stereocenters. The number of rotatable bonds is 4. The highest BCUT2D eigenvalue weighted by Gasteiger charge is 2.39. The summed E-state index contributed by atoms with van der Waals surface area (Å²) in [4.78, 5) is 0. The van der Waals surface area contributed by atoms with E-state index in [0.717, 1.165) is 31.6 Å². The molecule has 1 aromatic heterocycles. The largest absolute Gasteiger partial charge is 0.302 e. The molecule has 0 aliphatic carbocycles. The first-order valence-corrected chi connectivity index (χ1v) is 10.9. The van der Waals surface area contributed by atoms with E-state index in [2.05, 4.69) is 87.9 Å². The van der Waals surface area contributed by atoms with Gasteiger partial charge in [0.25, 0.3) is 0 Å². The van der Waals surface area contributed by atoms with E-state index in [9.17, 15) is 0 Å². The molecule has 1 aliphatic rings.